The summed E-state index contributed by atoms with van der Waals surface area (Å²) < 4.78 is 197. The van der Waals surface area contributed by atoms with Crippen LogP contribution in [0.2, 0.25) is 0 Å². The molecule has 78 heavy (non-hydrogen) atoms. The van der Waals surface area contributed by atoms with Crippen molar-refractivity contribution in [2.45, 2.75) is 72.4 Å². The van der Waals surface area contributed by atoms with Crippen molar-refractivity contribution in [2.24, 2.45) is 0 Å². The van der Waals surface area contributed by atoms with Crippen molar-refractivity contribution in [1.29, 1.82) is 0 Å². The molecule has 0 spiro atoms. The van der Waals surface area contributed by atoms with Crippen LogP contribution in [-0.4, -0.2) is 44.8 Å². The molecule has 0 saturated heterocycles. The summed E-state index contributed by atoms with van der Waals surface area (Å²) in [5.74, 6) is -3.73. The molecule has 0 bridgehead atoms. The lowest BCUT2D eigenvalue weighted by Crippen LogP contribution is -2.14. The van der Waals surface area contributed by atoms with Crippen molar-refractivity contribution in [2.75, 3.05) is 0 Å². The Balaban J connectivity index is 0.000000471. The third kappa shape index (κ3) is 23.4. The Bertz CT molecular complexity index is 3120. The fraction of sp³-hybridized carbons (Fsp3) is 0.212. The second kappa shape index (κ2) is 28.7. The van der Waals surface area contributed by atoms with Crippen LogP contribution in [0.5, 0.6) is 5.75 Å². The lowest BCUT2D eigenvalue weighted by atomic mass is 10.0. The number of rotatable bonds is 6. The number of benzene rings is 5. The molecule has 0 unspecified atom stereocenters. The van der Waals surface area contributed by atoms with Crippen molar-refractivity contribution >= 4 is 57.3 Å². The number of hydrogen-bond acceptors (Lipinski definition) is 8. The molecule has 1 aromatic heterocycles. The van der Waals surface area contributed by atoms with E-state index < -0.39 is 87.4 Å². The number of phenolic OH excluding ortho intramolecular Hbond substituents is 1. The van der Waals surface area contributed by atoms with Crippen molar-refractivity contribution < 1.29 is 104 Å². The zero-order valence-corrected chi connectivity index (χ0v) is 42.9. The molecular weight excluding hydrogens is 1200 g/mol. The van der Waals surface area contributed by atoms with E-state index in [2.05, 4.69) is 27.6 Å². The van der Waals surface area contributed by atoms with Crippen LogP contribution in [0.25, 0.3) is 0 Å². The Hall–Kier alpha value is -7.52. The first kappa shape index (κ1) is 68.5. The molecule has 0 fully saturated rings. The van der Waals surface area contributed by atoms with Crippen molar-refractivity contribution in [3.63, 3.8) is 0 Å². The molecular formula is C52H40F16INO8. The van der Waals surface area contributed by atoms with Gasteiger partial charge < -0.3 is 10.1 Å². The largest absolute Gasteiger partial charge is 0.507 e. The van der Waals surface area contributed by atoms with Gasteiger partial charge in [-0.2, -0.15) is 65.9 Å². The molecule has 0 aliphatic carbocycles. The predicted octanol–water partition coefficient (Wildman–Crippen LogP) is 15.6. The molecule has 9 nitrogen and oxygen atoms in total. The van der Waals surface area contributed by atoms with Gasteiger partial charge in [-0.15, -0.1) is 0 Å². The van der Waals surface area contributed by atoms with Gasteiger partial charge in [0, 0.05) is 32.0 Å². The van der Waals surface area contributed by atoms with Crippen LogP contribution in [0.1, 0.15) is 132 Å². The summed E-state index contributed by atoms with van der Waals surface area (Å²) in [6.07, 6.45) is -21.8. The predicted molar refractivity (Wildman–Crippen MR) is 259 cm³/mol. The molecule has 6 aromatic rings. The van der Waals surface area contributed by atoms with Gasteiger partial charge in [-0.25, -0.2) is 4.39 Å². The number of aromatic hydroxyl groups is 1. The number of aromatic amines is 1. The number of carbonyl (C=O) groups is 6. The van der Waals surface area contributed by atoms with Gasteiger partial charge >= 0.3 is 30.9 Å². The Morgan fingerprint density at radius 3 is 1.19 bits per heavy atom. The van der Waals surface area contributed by atoms with E-state index in [1.807, 2.05) is 0 Å². The molecule has 6 rings (SSSR count). The van der Waals surface area contributed by atoms with Gasteiger partial charge in [-0.3, -0.25) is 33.6 Å². The summed E-state index contributed by atoms with van der Waals surface area (Å²) in [6.45, 7) is 7.13. The summed E-state index contributed by atoms with van der Waals surface area (Å²) in [5, 5.41) is 9.18. The van der Waals surface area contributed by atoms with E-state index in [0.717, 1.165) is 48.6 Å². The molecule has 26 heteroatoms. The normalized spacial score (nSPS) is 11.2. The Labute approximate surface area is 445 Å². The minimum atomic E-state index is -4.93. The zero-order valence-electron chi connectivity index (χ0n) is 40.8. The molecule has 1 heterocycles. The van der Waals surface area contributed by atoms with Crippen LogP contribution < -0.4 is 5.56 Å². The summed E-state index contributed by atoms with van der Waals surface area (Å²) >= 11 is 2.09. The number of H-pyrrole nitrogens is 1. The molecule has 2 N–H and O–H groups in total. The number of aromatic nitrogens is 1. The minimum Gasteiger partial charge on any atom is -0.507 e. The number of hydrogen-bond donors (Lipinski definition) is 2. The van der Waals surface area contributed by atoms with Gasteiger partial charge in [0.05, 0.1) is 38.9 Å². The topological polar surface area (TPSA) is 156 Å². The summed E-state index contributed by atoms with van der Waals surface area (Å²) in [4.78, 5) is 77.9. The lowest BCUT2D eigenvalue weighted by molar-refractivity contribution is -0.143. The second-order valence-electron chi connectivity index (χ2n) is 15.6. The van der Waals surface area contributed by atoms with E-state index in [4.69, 9.17) is 0 Å². The maximum atomic E-state index is 12.7. The van der Waals surface area contributed by atoms with E-state index in [1.165, 1.54) is 69.4 Å². The molecule has 0 atom stereocenters. The van der Waals surface area contributed by atoms with Crippen LogP contribution in [0.15, 0.2) is 126 Å². The van der Waals surface area contributed by atoms with Crippen LogP contribution in [0.3, 0.4) is 0 Å². The number of phenols is 1. The number of nitrogens with one attached hydrogen (secondary N) is 1. The van der Waals surface area contributed by atoms with E-state index in [9.17, 15) is 109 Å². The third-order valence-corrected chi connectivity index (χ3v) is 10.0. The average molecular weight is 1240 g/mol. The first-order valence-electron chi connectivity index (χ1n) is 21.2. The summed E-state index contributed by atoms with van der Waals surface area (Å²) in [6, 6.07) is 19.7. The van der Waals surface area contributed by atoms with Crippen molar-refractivity contribution in [3.8, 4) is 5.75 Å². The SMILES string of the molecule is CC(=O)c1cc(C(F)(F)F)cc(C(F)(F)F)c1.CC(=O)c1cc(F)cc(C(F)(F)F)c1.CC(=O)c1cc(I)ccc1O.CC(=O)c1ccc[nH]c1=O.CC(=O)c1cccc(C(F)(F)F)c1.CC(=O)c1ccccc1C(F)(F)F. The average Bonchev–Trinajstić information content (AvgIpc) is 3.31. The van der Waals surface area contributed by atoms with Crippen LogP contribution in [0.4, 0.5) is 70.2 Å². The first-order chi connectivity index (χ1) is 35.5. The standard InChI is InChI=1S/C10H6F6O.C9H6F4O.2C9H7F3O.C8H7IO2.C7H7NO2/c1-5(17)6-2-7(9(11,12)13)4-8(3-6)10(14,15)16;1-5(14)6-2-7(9(11,12)13)4-8(10)3-6;1-6(13)7-3-2-4-8(5-7)9(10,11)12;1-6(13)7-4-2-3-5-8(7)9(10,11)12;1-5(10)7-4-6(9)2-3-8(7)11;1-5(9)6-3-2-4-8-7(6)10/h2-4H,1H3;2-4H,1H3;2*2-5H,1H3;2-4,11H,1H3;2-4H,1H3,(H,8,10). The Morgan fingerprint density at radius 2 is 0.821 bits per heavy atom. The maximum absolute atomic E-state index is 12.7. The highest BCUT2D eigenvalue weighted by molar-refractivity contribution is 14.1. The van der Waals surface area contributed by atoms with E-state index in [1.54, 1.807) is 18.2 Å². The number of pyridine rings is 1. The second-order valence-corrected chi connectivity index (χ2v) is 16.8. The fourth-order valence-electron chi connectivity index (χ4n) is 5.56. The zero-order chi connectivity index (χ0) is 60.5. The highest BCUT2D eigenvalue weighted by atomic mass is 127. The Morgan fingerprint density at radius 1 is 0.410 bits per heavy atom. The number of Topliss-reactive ketones (excluding diaryl/α,β-unsaturated/α-hetero) is 6. The van der Waals surface area contributed by atoms with E-state index in [-0.39, 0.29) is 57.0 Å². The molecule has 0 saturated carbocycles. The Kier molecular flexibility index (Phi) is 25.2. The number of ketones is 6. The molecule has 420 valence electrons. The van der Waals surface area contributed by atoms with Crippen molar-refractivity contribution in [3.05, 3.63) is 202 Å². The van der Waals surface area contributed by atoms with Gasteiger partial charge in [0.25, 0.3) is 5.56 Å². The van der Waals surface area contributed by atoms with E-state index in [0.29, 0.717) is 29.8 Å². The first-order valence-corrected chi connectivity index (χ1v) is 22.3. The van der Waals surface area contributed by atoms with Gasteiger partial charge in [0.15, 0.2) is 34.7 Å². The fourth-order valence-corrected chi connectivity index (χ4v) is 6.05. The molecule has 0 amide bonds. The monoisotopic (exact) mass is 1240 g/mol. The highest BCUT2D eigenvalue weighted by Crippen LogP contribution is 2.37. The number of alkyl halides is 15. The van der Waals surface area contributed by atoms with Crippen LogP contribution in [-0.2, 0) is 30.9 Å². The van der Waals surface area contributed by atoms with Gasteiger partial charge in [0.1, 0.15) is 11.6 Å². The van der Waals surface area contributed by atoms with Gasteiger partial charge in [-0.05, 0) is 149 Å². The third-order valence-electron chi connectivity index (χ3n) is 9.37. The quantitative estimate of drug-likeness (QED) is 0.0949. The van der Waals surface area contributed by atoms with Gasteiger partial charge in [0.2, 0.25) is 0 Å². The maximum Gasteiger partial charge on any atom is 0.417 e. The number of carbonyl (C=O) groups excluding carboxylic acids is 6. The van der Waals surface area contributed by atoms with Crippen LogP contribution >= 0.6 is 22.6 Å². The molecule has 5 aromatic carbocycles. The molecule has 0 radical (unpaired) electrons. The van der Waals surface area contributed by atoms with Gasteiger partial charge in [-0.1, -0.05) is 30.3 Å². The summed E-state index contributed by atoms with van der Waals surface area (Å²) in [5.41, 5.74) is -6.62. The van der Waals surface area contributed by atoms with Crippen molar-refractivity contribution in [1.82, 2.24) is 4.98 Å². The highest BCUT2D eigenvalue weighted by Gasteiger charge is 2.38. The minimum absolute atomic E-state index is 0.0214. The summed E-state index contributed by atoms with van der Waals surface area (Å²) in [7, 11) is 0. The van der Waals surface area contributed by atoms with E-state index >= 15 is 0 Å². The molecule has 0 aliphatic heterocycles. The number of halogens is 17. The van der Waals surface area contributed by atoms with Crippen LogP contribution in [0, 0.1) is 9.39 Å². The smallest absolute Gasteiger partial charge is 0.417 e. The lowest BCUT2D eigenvalue weighted by Gasteiger charge is -2.12. The molecule has 0 aliphatic rings.